The van der Waals surface area contributed by atoms with Gasteiger partial charge < -0.3 is 5.32 Å². The van der Waals surface area contributed by atoms with Gasteiger partial charge >= 0.3 is 6.18 Å². The van der Waals surface area contributed by atoms with Crippen LogP contribution >= 0.6 is 0 Å². The maximum Gasteiger partial charge on any atom is 0.433 e. The minimum atomic E-state index is -4.42. The van der Waals surface area contributed by atoms with Gasteiger partial charge in [-0.3, -0.25) is 0 Å². The van der Waals surface area contributed by atoms with Crippen LogP contribution in [0.25, 0.3) is 0 Å². The Morgan fingerprint density at radius 3 is 2.45 bits per heavy atom. The second kappa shape index (κ2) is 6.41. The molecule has 0 amide bonds. The SMILES string of the molecule is CCC1CCC(CNc2nccc(C(F)(F)F)n2)CC1. The van der Waals surface area contributed by atoms with E-state index in [-0.39, 0.29) is 5.95 Å². The van der Waals surface area contributed by atoms with E-state index in [1.165, 1.54) is 19.3 Å². The van der Waals surface area contributed by atoms with E-state index in [9.17, 15) is 13.2 Å². The molecule has 0 saturated heterocycles. The number of hydrogen-bond donors (Lipinski definition) is 1. The van der Waals surface area contributed by atoms with Crippen LogP contribution in [-0.2, 0) is 6.18 Å². The lowest BCUT2D eigenvalue weighted by molar-refractivity contribution is -0.141. The van der Waals surface area contributed by atoms with Gasteiger partial charge in [-0.25, -0.2) is 9.97 Å². The molecule has 1 saturated carbocycles. The number of alkyl halides is 3. The Morgan fingerprint density at radius 1 is 1.20 bits per heavy atom. The predicted octanol–water partition coefficient (Wildman–Crippen LogP) is 4.12. The highest BCUT2D eigenvalue weighted by Crippen LogP contribution is 2.31. The molecule has 0 spiro atoms. The van der Waals surface area contributed by atoms with Gasteiger partial charge in [-0.2, -0.15) is 13.2 Å². The third kappa shape index (κ3) is 4.08. The summed E-state index contributed by atoms with van der Waals surface area (Å²) in [7, 11) is 0. The molecular weight excluding hydrogens is 267 g/mol. The van der Waals surface area contributed by atoms with Gasteiger partial charge in [0.25, 0.3) is 0 Å². The van der Waals surface area contributed by atoms with Crippen LogP contribution in [0.3, 0.4) is 0 Å². The highest BCUT2D eigenvalue weighted by atomic mass is 19.4. The van der Waals surface area contributed by atoms with Gasteiger partial charge in [-0.15, -0.1) is 0 Å². The first-order chi connectivity index (χ1) is 9.49. The number of rotatable bonds is 4. The summed E-state index contributed by atoms with van der Waals surface area (Å²) in [6.07, 6.45) is 2.63. The van der Waals surface area contributed by atoms with Crippen molar-refractivity contribution in [3.05, 3.63) is 18.0 Å². The summed E-state index contributed by atoms with van der Waals surface area (Å²) < 4.78 is 37.6. The highest BCUT2D eigenvalue weighted by molar-refractivity contribution is 5.26. The summed E-state index contributed by atoms with van der Waals surface area (Å²) in [5.41, 5.74) is -0.898. The quantitative estimate of drug-likeness (QED) is 0.905. The van der Waals surface area contributed by atoms with Gasteiger partial charge in [-0.05, 0) is 30.7 Å². The van der Waals surface area contributed by atoms with Crippen LogP contribution in [0.4, 0.5) is 19.1 Å². The number of hydrogen-bond acceptors (Lipinski definition) is 3. The molecule has 6 heteroatoms. The van der Waals surface area contributed by atoms with Gasteiger partial charge in [-0.1, -0.05) is 26.2 Å². The fourth-order valence-electron chi connectivity index (χ4n) is 2.68. The lowest BCUT2D eigenvalue weighted by Crippen LogP contribution is -2.22. The van der Waals surface area contributed by atoms with E-state index in [0.717, 1.165) is 31.0 Å². The normalized spacial score (nSPS) is 23.6. The van der Waals surface area contributed by atoms with Crippen molar-refractivity contribution >= 4 is 5.95 Å². The zero-order chi connectivity index (χ0) is 14.6. The fourth-order valence-corrected chi connectivity index (χ4v) is 2.68. The van der Waals surface area contributed by atoms with E-state index in [1.54, 1.807) is 0 Å². The van der Waals surface area contributed by atoms with Gasteiger partial charge in [0.2, 0.25) is 5.95 Å². The molecule has 3 nitrogen and oxygen atoms in total. The average molecular weight is 287 g/mol. The van der Waals surface area contributed by atoms with Crippen molar-refractivity contribution in [3.63, 3.8) is 0 Å². The topological polar surface area (TPSA) is 37.8 Å². The monoisotopic (exact) mass is 287 g/mol. The summed E-state index contributed by atoms with van der Waals surface area (Å²) in [5.74, 6) is 1.39. The summed E-state index contributed by atoms with van der Waals surface area (Å²) >= 11 is 0. The molecule has 0 aliphatic heterocycles. The van der Waals surface area contributed by atoms with Crippen LogP contribution in [0.5, 0.6) is 0 Å². The molecule has 0 aromatic carbocycles. The molecule has 0 unspecified atom stereocenters. The van der Waals surface area contributed by atoms with Crippen LogP contribution in [0.1, 0.15) is 44.7 Å². The fraction of sp³-hybridized carbons (Fsp3) is 0.714. The smallest absolute Gasteiger partial charge is 0.354 e. The summed E-state index contributed by atoms with van der Waals surface area (Å²) in [6.45, 7) is 2.86. The maximum atomic E-state index is 12.5. The lowest BCUT2D eigenvalue weighted by atomic mass is 9.81. The number of nitrogens with zero attached hydrogens (tertiary/aromatic N) is 2. The average Bonchev–Trinajstić information content (AvgIpc) is 2.45. The van der Waals surface area contributed by atoms with Crippen molar-refractivity contribution in [3.8, 4) is 0 Å². The highest BCUT2D eigenvalue weighted by Gasteiger charge is 2.32. The van der Waals surface area contributed by atoms with Crippen molar-refractivity contribution in [1.29, 1.82) is 0 Å². The lowest BCUT2D eigenvalue weighted by Gasteiger charge is -2.27. The first-order valence-corrected chi connectivity index (χ1v) is 7.13. The predicted molar refractivity (Wildman–Crippen MR) is 71.3 cm³/mol. The Morgan fingerprint density at radius 2 is 1.85 bits per heavy atom. The number of anilines is 1. The summed E-state index contributed by atoms with van der Waals surface area (Å²) in [6, 6.07) is 0.887. The molecule has 0 radical (unpaired) electrons. The van der Waals surface area contributed by atoms with Crippen LogP contribution in [-0.4, -0.2) is 16.5 Å². The van der Waals surface area contributed by atoms with E-state index >= 15 is 0 Å². The Balaban J connectivity index is 1.85. The molecule has 1 aromatic rings. The van der Waals surface area contributed by atoms with Crippen LogP contribution < -0.4 is 5.32 Å². The van der Waals surface area contributed by atoms with Gasteiger partial charge in [0.05, 0.1) is 0 Å². The van der Waals surface area contributed by atoms with Crippen LogP contribution in [0.2, 0.25) is 0 Å². The van der Waals surface area contributed by atoms with Crippen molar-refractivity contribution < 1.29 is 13.2 Å². The number of aromatic nitrogens is 2. The van der Waals surface area contributed by atoms with Crippen molar-refractivity contribution in [2.45, 2.75) is 45.2 Å². The van der Waals surface area contributed by atoms with E-state index in [1.807, 2.05) is 0 Å². The third-order valence-corrected chi connectivity index (χ3v) is 4.04. The summed E-state index contributed by atoms with van der Waals surface area (Å²) in [5, 5.41) is 2.94. The van der Waals surface area contributed by atoms with Crippen LogP contribution in [0, 0.1) is 11.8 Å². The van der Waals surface area contributed by atoms with Crippen molar-refractivity contribution in [2.75, 3.05) is 11.9 Å². The molecule has 1 aliphatic rings. The second-order valence-corrected chi connectivity index (χ2v) is 5.44. The molecule has 0 atom stereocenters. The molecule has 2 rings (SSSR count). The largest absolute Gasteiger partial charge is 0.433 e. The van der Waals surface area contributed by atoms with E-state index < -0.39 is 11.9 Å². The molecule has 1 N–H and O–H groups in total. The molecule has 1 aromatic heterocycles. The molecule has 1 aliphatic carbocycles. The second-order valence-electron chi connectivity index (χ2n) is 5.44. The van der Waals surface area contributed by atoms with Crippen LogP contribution in [0.15, 0.2) is 12.3 Å². The zero-order valence-electron chi connectivity index (χ0n) is 11.6. The summed E-state index contributed by atoms with van der Waals surface area (Å²) in [4.78, 5) is 7.36. The van der Waals surface area contributed by atoms with Gasteiger partial charge in [0.1, 0.15) is 5.69 Å². The molecule has 0 bridgehead atoms. The number of nitrogens with one attached hydrogen (secondary N) is 1. The van der Waals surface area contributed by atoms with Gasteiger partial charge in [0.15, 0.2) is 0 Å². The Labute approximate surface area is 117 Å². The Bertz CT molecular complexity index is 426. The van der Waals surface area contributed by atoms with E-state index in [4.69, 9.17) is 0 Å². The third-order valence-electron chi connectivity index (χ3n) is 4.04. The minimum Gasteiger partial charge on any atom is -0.354 e. The molecule has 20 heavy (non-hydrogen) atoms. The van der Waals surface area contributed by atoms with Crippen molar-refractivity contribution in [1.82, 2.24) is 9.97 Å². The minimum absolute atomic E-state index is 0.0671. The standard InChI is InChI=1S/C14H20F3N3/c1-2-10-3-5-11(6-4-10)9-19-13-18-8-7-12(20-13)14(15,16)17/h7-8,10-11H,2-6,9H2,1H3,(H,18,19,20). The van der Waals surface area contributed by atoms with E-state index in [0.29, 0.717) is 12.5 Å². The Kier molecular flexibility index (Phi) is 4.83. The molecule has 1 fully saturated rings. The Hall–Kier alpha value is -1.33. The molecular formula is C14H20F3N3. The van der Waals surface area contributed by atoms with Gasteiger partial charge in [0, 0.05) is 12.7 Å². The molecule has 1 heterocycles. The number of halogens is 3. The first-order valence-electron chi connectivity index (χ1n) is 7.13. The molecule has 112 valence electrons. The van der Waals surface area contributed by atoms with Crippen molar-refractivity contribution in [2.24, 2.45) is 11.8 Å². The maximum absolute atomic E-state index is 12.5. The first kappa shape index (κ1) is 15.1. The van der Waals surface area contributed by atoms with E-state index in [2.05, 4.69) is 22.2 Å². The zero-order valence-corrected chi connectivity index (χ0v) is 11.6.